The van der Waals surface area contributed by atoms with Crippen LogP contribution in [0.15, 0.2) is 53.7 Å². The number of hydrogen-bond donors (Lipinski definition) is 0. The molecule has 0 bridgehead atoms. The van der Waals surface area contributed by atoms with Crippen molar-refractivity contribution < 1.29 is 4.79 Å². The Bertz CT molecular complexity index is 963. The van der Waals surface area contributed by atoms with Crippen molar-refractivity contribution in [2.24, 2.45) is 0 Å². The van der Waals surface area contributed by atoms with Crippen LogP contribution < -0.4 is 4.90 Å². The molecule has 0 unspecified atom stereocenters. The lowest BCUT2D eigenvalue weighted by Gasteiger charge is -2.35. The lowest BCUT2D eigenvalue weighted by atomic mass is 10.2. The molecule has 0 saturated carbocycles. The van der Waals surface area contributed by atoms with Crippen LogP contribution in [0, 0.1) is 6.92 Å². The van der Waals surface area contributed by atoms with Gasteiger partial charge in [-0.3, -0.25) is 9.36 Å². The van der Waals surface area contributed by atoms with Gasteiger partial charge in [-0.1, -0.05) is 12.1 Å². The molecule has 28 heavy (non-hydrogen) atoms. The van der Waals surface area contributed by atoms with E-state index in [9.17, 15) is 4.79 Å². The maximum atomic E-state index is 12.9. The molecule has 0 spiro atoms. The molecule has 7 nitrogen and oxygen atoms in total. The van der Waals surface area contributed by atoms with Crippen molar-refractivity contribution in [3.8, 4) is 5.82 Å². The first kappa shape index (κ1) is 18.5. The van der Waals surface area contributed by atoms with Crippen molar-refractivity contribution in [2.45, 2.75) is 11.8 Å². The number of anilines is 1. The maximum absolute atomic E-state index is 12.9. The second kappa shape index (κ2) is 8.02. The van der Waals surface area contributed by atoms with Gasteiger partial charge in [0, 0.05) is 43.5 Å². The van der Waals surface area contributed by atoms with Gasteiger partial charge < -0.3 is 9.80 Å². The zero-order chi connectivity index (χ0) is 19.5. The molecular weight excluding hydrogens is 372 g/mol. The molecule has 1 fully saturated rings. The molecule has 0 radical (unpaired) electrons. The number of carbonyl (C=O) groups is 1. The minimum Gasteiger partial charge on any atom is -0.352 e. The molecule has 1 amide bonds. The van der Waals surface area contributed by atoms with Gasteiger partial charge in [0.05, 0.1) is 5.56 Å². The number of imidazole rings is 1. The van der Waals surface area contributed by atoms with Gasteiger partial charge in [-0.2, -0.15) is 0 Å². The average molecular weight is 395 g/mol. The van der Waals surface area contributed by atoms with Gasteiger partial charge in [0.1, 0.15) is 5.82 Å². The van der Waals surface area contributed by atoms with Crippen LogP contribution in [-0.2, 0) is 0 Å². The quantitative estimate of drug-likeness (QED) is 0.634. The Morgan fingerprint density at radius 2 is 1.71 bits per heavy atom. The summed E-state index contributed by atoms with van der Waals surface area (Å²) in [5.41, 5.74) is 0.781. The highest BCUT2D eigenvalue weighted by Gasteiger charge is 2.24. The Hall–Kier alpha value is -2.87. The van der Waals surface area contributed by atoms with Crippen LogP contribution in [0.4, 0.5) is 5.82 Å². The van der Waals surface area contributed by atoms with E-state index in [4.69, 9.17) is 0 Å². The van der Waals surface area contributed by atoms with E-state index < -0.39 is 0 Å². The molecule has 144 valence electrons. The molecule has 1 aliphatic heterocycles. The first-order valence-electron chi connectivity index (χ1n) is 9.18. The Balaban J connectivity index is 1.41. The zero-order valence-corrected chi connectivity index (χ0v) is 16.8. The van der Waals surface area contributed by atoms with Crippen molar-refractivity contribution in [3.63, 3.8) is 0 Å². The summed E-state index contributed by atoms with van der Waals surface area (Å²) in [7, 11) is 0. The topological polar surface area (TPSA) is 67.2 Å². The Morgan fingerprint density at radius 3 is 2.36 bits per heavy atom. The van der Waals surface area contributed by atoms with Crippen LogP contribution in [0.1, 0.15) is 16.2 Å². The van der Waals surface area contributed by atoms with Crippen LogP contribution in [0.2, 0.25) is 0 Å². The van der Waals surface area contributed by atoms with Crippen molar-refractivity contribution in [2.75, 3.05) is 37.3 Å². The van der Waals surface area contributed by atoms with Gasteiger partial charge in [-0.15, -0.1) is 22.0 Å². The van der Waals surface area contributed by atoms with Gasteiger partial charge in [-0.25, -0.2) is 4.98 Å². The Morgan fingerprint density at radius 1 is 1.00 bits per heavy atom. The third kappa shape index (κ3) is 3.60. The lowest BCUT2D eigenvalue weighted by molar-refractivity contribution is 0.0743. The van der Waals surface area contributed by atoms with E-state index in [-0.39, 0.29) is 5.91 Å². The van der Waals surface area contributed by atoms with Crippen molar-refractivity contribution >= 4 is 23.5 Å². The van der Waals surface area contributed by atoms with E-state index in [1.54, 1.807) is 18.0 Å². The molecule has 2 aromatic heterocycles. The molecule has 8 heteroatoms. The SMILES string of the molecule is CSc1ccccc1C(=O)N1CCN(c2ccc(-n3ccnc3C)nn2)CC1. The number of aromatic nitrogens is 4. The van der Waals surface area contributed by atoms with E-state index in [1.807, 2.05) is 65.2 Å². The van der Waals surface area contributed by atoms with Gasteiger partial charge in [0.15, 0.2) is 11.6 Å². The van der Waals surface area contributed by atoms with Crippen LogP contribution >= 0.6 is 11.8 Å². The van der Waals surface area contributed by atoms with E-state index in [0.29, 0.717) is 13.1 Å². The molecule has 3 aromatic rings. The number of aryl methyl sites for hydroxylation is 1. The summed E-state index contributed by atoms with van der Waals surface area (Å²) in [6.45, 7) is 4.76. The summed E-state index contributed by atoms with van der Waals surface area (Å²) in [5, 5.41) is 8.70. The first-order valence-corrected chi connectivity index (χ1v) is 10.4. The predicted octanol–water partition coefficient (Wildman–Crippen LogP) is 2.66. The number of nitrogens with zero attached hydrogens (tertiary/aromatic N) is 6. The monoisotopic (exact) mass is 394 g/mol. The van der Waals surface area contributed by atoms with Crippen molar-refractivity contribution in [1.29, 1.82) is 0 Å². The Kier molecular flexibility index (Phi) is 5.29. The summed E-state index contributed by atoms with van der Waals surface area (Å²) >= 11 is 1.60. The highest BCUT2D eigenvalue weighted by molar-refractivity contribution is 7.98. The first-order chi connectivity index (χ1) is 13.7. The third-order valence-corrected chi connectivity index (χ3v) is 5.73. The minimum absolute atomic E-state index is 0.0987. The van der Waals surface area contributed by atoms with E-state index in [1.165, 1.54) is 0 Å². The number of amides is 1. The highest BCUT2D eigenvalue weighted by Crippen LogP contribution is 2.22. The second-order valence-corrected chi connectivity index (χ2v) is 7.42. The van der Waals surface area contributed by atoms with Gasteiger partial charge in [0.2, 0.25) is 0 Å². The molecule has 0 aliphatic carbocycles. The van der Waals surface area contributed by atoms with E-state index in [0.717, 1.165) is 41.0 Å². The average Bonchev–Trinajstić information content (AvgIpc) is 3.19. The van der Waals surface area contributed by atoms with Crippen LogP contribution in [0.5, 0.6) is 0 Å². The molecule has 3 heterocycles. The molecular formula is C20H22N6OS. The predicted molar refractivity (Wildman–Crippen MR) is 110 cm³/mol. The Labute approximate surface area is 168 Å². The number of piperazine rings is 1. The van der Waals surface area contributed by atoms with Gasteiger partial charge in [-0.05, 0) is 37.4 Å². The maximum Gasteiger partial charge on any atom is 0.255 e. The smallest absolute Gasteiger partial charge is 0.255 e. The fourth-order valence-electron chi connectivity index (χ4n) is 3.37. The molecule has 1 saturated heterocycles. The van der Waals surface area contributed by atoms with Crippen molar-refractivity contribution in [3.05, 3.63) is 60.2 Å². The lowest BCUT2D eigenvalue weighted by Crippen LogP contribution is -2.49. The second-order valence-electron chi connectivity index (χ2n) is 6.57. The van der Waals surface area contributed by atoms with E-state index in [2.05, 4.69) is 20.1 Å². The molecule has 1 aromatic carbocycles. The largest absolute Gasteiger partial charge is 0.352 e. The minimum atomic E-state index is 0.0987. The van der Waals surface area contributed by atoms with Gasteiger partial charge >= 0.3 is 0 Å². The van der Waals surface area contributed by atoms with Crippen LogP contribution in [-0.4, -0.2) is 63.0 Å². The molecule has 1 aliphatic rings. The summed E-state index contributed by atoms with van der Waals surface area (Å²) in [5.74, 6) is 2.56. The number of thioether (sulfide) groups is 1. The number of benzene rings is 1. The van der Waals surface area contributed by atoms with Crippen molar-refractivity contribution in [1.82, 2.24) is 24.6 Å². The van der Waals surface area contributed by atoms with Crippen LogP contribution in [0.3, 0.4) is 0 Å². The van der Waals surface area contributed by atoms with E-state index >= 15 is 0 Å². The standard InChI is InChI=1S/C20H22N6OS/c1-15-21-9-10-26(15)19-8-7-18(22-23-19)24-11-13-25(14-12-24)20(27)16-5-3-4-6-17(16)28-2/h3-10H,11-14H2,1-2H3. The fourth-order valence-corrected chi connectivity index (χ4v) is 3.96. The fraction of sp³-hybridized carbons (Fsp3) is 0.300. The number of rotatable bonds is 4. The molecule has 0 atom stereocenters. The number of carbonyl (C=O) groups excluding carboxylic acids is 1. The summed E-state index contributed by atoms with van der Waals surface area (Å²) in [4.78, 5) is 22.2. The highest BCUT2D eigenvalue weighted by atomic mass is 32.2. The summed E-state index contributed by atoms with van der Waals surface area (Å²) in [6.07, 6.45) is 5.61. The van der Waals surface area contributed by atoms with Crippen LogP contribution in [0.25, 0.3) is 5.82 Å². The van der Waals surface area contributed by atoms with Gasteiger partial charge in [0.25, 0.3) is 5.91 Å². The zero-order valence-electron chi connectivity index (χ0n) is 15.9. The third-order valence-electron chi connectivity index (χ3n) is 4.94. The summed E-state index contributed by atoms with van der Waals surface area (Å²) < 4.78 is 1.90. The summed E-state index contributed by atoms with van der Waals surface area (Å²) in [6, 6.07) is 11.7. The molecule has 0 N–H and O–H groups in total. The number of hydrogen-bond acceptors (Lipinski definition) is 6. The molecule has 4 rings (SSSR count). The normalized spacial score (nSPS) is 14.4.